The fourth-order valence-electron chi connectivity index (χ4n) is 6.85. The third-order valence-electron chi connectivity index (χ3n) is 10.1. The Balaban J connectivity index is 1.17. The van der Waals surface area contributed by atoms with Crippen LogP contribution in [-0.2, 0) is 27.5 Å². The predicted octanol–water partition coefficient (Wildman–Crippen LogP) is 3.43. The van der Waals surface area contributed by atoms with E-state index in [1.807, 2.05) is 13.8 Å². The Labute approximate surface area is 378 Å². The van der Waals surface area contributed by atoms with Crippen LogP contribution in [0.1, 0.15) is 64.3 Å². The summed E-state index contributed by atoms with van der Waals surface area (Å²) in [6, 6.07) is 9.22. The highest BCUT2D eigenvalue weighted by Gasteiger charge is 2.25. The van der Waals surface area contributed by atoms with Gasteiger partial charge in [0.05, 0.1) is 24.8 Å². The van der Waals surface area contributed by atoms with Crippen molar-refractivity contribution in [2.24, 2.45) is 11.5 Å². The van der Waals surface area contributed by atoms with Crippen molar-refractivity contribution in [1.29, 1.82) is 0 Å². The molecule has 0 radical (unpaired) electrons. The topological polar surface area (TPSA) is 282 Å². The second kappa shape index (κ2) is 19.3. The molecule has 0 saturated heterocycles. The largest absolute Gasteiger partial charge is 0.494 e. The Morgan fingerprint density at radius 1 is 0.754 bits per heavy atom. The van der Waals surface area contributed by atoms with Crippen molar-refractivity contribution in [1.82, 2.24) is 37.6 Å². The molecule has 0 saturated carbocycles. The van der Waals surface area contributed by atoms with Gasteiger partial charge >= 0.3 is 0 Å². The molecule has 336 valence electrons. The average Bonchev–Trinajstić information content (AvgIpc) is 4.11. The minimum absolute atomic E-state index is 0.0444. The van der Waals surface area contributed by atoms with Gasteiger partial charge in [-0.3, -0.25) is 49.1 Å². The molecule has 0 bridgehead atoms. The van der Waals surface area contributed by atoms with E-state index in [0.29, 0.717) is 23.0 Å². The van der Waals surface area contributed by atoms with E-state index in [9.17, 15) is 33.6 Å². The van der Waals surface area contributed by atoms with E-state index in [1.54, 1.807) is 40.5 Å². The van der Waals surface area contributed by atoms with Crippen molar-refractivity contribution in [3.05, 3.63) is 93.0 Å². The number of ether oxygens (including phenoxy) is 2. The molecule has 6 aromatic rings. The maximum atomic E-state index is 13.5. The van der Waals surface area contributed by atoms with Crippen LogP contribution in [0.25, 0.3) is 22.1 Å². The second-order valence-corrected chi connectivity index (χ2v) is 16.7. The molecular formula is C42H42N12O9S2. The van der Waals surface area contributed by atoms with Gasteiger partial charge in [0, 0.05) is 72.7 Å². The highest BCUT2D eigenvalue weighted by Crippen LogP contribution is 2.33. The Bertz CT molecular complexity index is 2950. The third kappa shape index (κ3) is 10.0. The summed E-state index contributed by atoms with van der Waals surface area (Å²) in [6.45, 7) is 4.14. The lowest BCUT2D eigenvalue weighted by atomic mass is 10.1. The zero-order valence-corrected chi connectivity index (χ0v) is 37.1. The summed E-state index contributed by atoms with van der Waals surface area (Å²) in [6.07, 6.45) is 6.17. The second-order valence-electron chi connectivity index (χ2n) is 14.7. The molecule has 21 nitrogen and oxygen atoms in total. The SMILES string of the molecule is COc1cc(C(N)=O)cc2nc(NC(=O)c3cc(C)sn3)n(C/C=C/Cn3c(NC(=O)c4cc(C)sn4)nc4cc(C(N)=O)cc(OCCCN(C)C(=O)CCN5C(=O)C=CC5=O)c43)c12. The number of nitrogens with zero attached hydrogens (tertiary/aromatic N) is 8. The minimum Gasteiger partial charge on any atom is -0.494 e. The number of carbonyl (C=O) groups is 7. The van der Waals surface area contributed by atoms with Crippen LogP contribution >= 0.6 is 23.1 Å². The van der Waals surface area contributed by atoms with Gasteiger partial charge in [-0.15, -0.1) is 0 Å². The van der Waals surface area contributed by atoms with E-state index in [-0.39, 0.29) is 96.5 Å². The number of aryl methyl sites for hydroxylation is 2. The van der Waals surface area contributed by atoms with E-state index in [2.05, 4.69) is 29.3 Å². The Hall–Kier alpha value is -7.79. The molecule has 0 spiro atoms. The van der Waals surface area contributed by atoms with Crippen molar-refractivity contribution in [2.45, 2.75) is 39.8 Å². The summed E-state index contributed by atoms with van der Waals surface area (Å²) in [7, 11) is 3.03. The third-order valence-corrected chi connectivity index (χ3v) is 11.5. The number of nitrogens with two attached hydrogens (primary N) is 2. The fourth-order valence-corrected chi connectivity index (χ4v) is 7.94. The van der Waals surface area contributed by atoms with E-state index in [4.69, 9.17) is 20.9 Å². The molecule has 6 N–H and O–H groups in total. The van der Waals surface area contributed by atoms with Crippen molar-refractivity contribution < 1.29 is 43.0 Å². The highest BCUT2D eigenvalue weighted by molar-refractivity contribution is 7.06. The summed E-state index contributed by atoms with van der Waals surface area (Å²) < 4.78 is 23.7. The smallest absolute Gasteiger partial charge is 0.277 e. The van der Waals surface area contributed by atoms with E-state index >= 15 is 0 Å². The zero-order chi connectivity index (χ0) is 46.5. The van der Waals surface area contributed by atoms with Gasteiger partial charge in [-0.2, -0.15) is 8.75 Å². The lowest BCUT2D eigenvalue weighted by Crippen LogP contribution is -2.36. The van der Waals surface area contributed by atoms with Crippen LogP contribution in [0.2, 0.25) is 0 Å². The van der Waals surface area contributed by atoms with Crippen LogP contribution in [0.4, 0.5) is 11.9 Å². The van der Waals surface area contributed by atoms with E-state index in [0.717, 1.165) is 38.3 Å². The van der Waals surface area contributed by atoms with Crippen LogP contribution in [0.5, 0.6) is 11.5 Å². The first-order valence-corrected chi connectivity index (χ1v) is 21.4. The summed E-state index contributed by atoms with van der Waals surface area (Å²) >= 11 is 2.34. The van der Waals surface area contributed by atoms with E-state index in [1.165, 1.54) is 47.8 Å². The number of rotatable bonds is 19. The molecule has 5 heterocycles. The van der Waals surface area contributed by atoms with E-state index < -0.39 is 35.4 Å². The maximum Gasteiger partial charge on any atom is 0.277 e. The molecule has 0 fully saturated rings. The molecule has 0 unspecified atom stereocenters. The number of fused-ring (bicyclic) bond motifs is 2. The van der Waals surface area contributed by atoms with Gasteiger partial charge in [-0.25, -0.2) is 9.97 Å². The van der Waals surface area contributed by atoms with Gasteiger partial charge in [0.25, 0.3) is 23.6 Å². The number of amides is 7. The number of benzene rings is 2. The lowest BCUT2D eigenvalue weighted by Gasteiger charge is -2.19. The average molecular weight is 923 g/mol. The van der Waals surface area contributed by atoms with Crippen LogP contribution < -0.4 is 31.6 Å². The van der Waals surface area contributed by atoms with Crippen molar-refractivity contribution in [2.75, 3.05) is 44.5 Å². The number of allylic oxidation sites excluding steroid dienone is 2. The van der Waals surface area contributed by atoms with Gasteiger partial charge in [0.1, 0.15) is 33.9 Å². The Morgan fingerprint density at radius 2 is 1.25 bits per heavy atom. The normalized spacial score (nSPS) is 12.5. The quantitative estimate of drug-likeness (QED) is 0.0516. The monoisotopic (exact) mass is 922 g/mol. The fraction of sp³-hybridized carbons (Fsp3) is 0.262. The number of imidazole rings is 2. The number of aromatic nitrogens is 6. The van der Waals surface area contributed by atoms with Crippen molar-refractivity contribution >= 4 is 98.4 Å². The summed E-state index contributed by atoms with van der Waals surface area (Å²) in [5, 5.41) is 5.65. The minimum atomic E-state index is -0.746. The number of hydrogen-bond acceptors (Lipinski definition) is 15. The van der Waals surface area contributed by atoms with Crippen molar-refractivity contribution in [3.63, 3.8) is 0 Å². The van der Waals surface area contributed by atoms with Gasteiger partial charge in [0.2, 0.25) is 29.6 Å². The number of anilines is 2. The first-order valence-electron chi connectivity index (χ1n) is 19.9. The Kier molecular flexibility index (Phi) is 13.4. The molecule has 1 aliphatic rings. The molecule has 1 aliphatic heterocycles. The molecule has 4 aromatic heterocycles. The first kappa shape index (κ1) is 45.2. The van der Waals surface area contributed by atoms with Gasteiger partial charge < -0.3 is 35.0 Å². The molecule has 7 amide bonds. The highest BCUT2D eigenvalue weighted by atomic mass is 32.1. The molecule has 2 aromatic carbocycles. The molecule has 0 aliphatic carbocycles. The summed E-state index contributed by atoms with van der Waals surface area (Å²) in [4.78, 5) is 102. The molecule has 0 atom stereocenters. The number of carbonyl (C=O) groups excluding carboxylic acids is 7. The predicted molar refractivity (Wildman–Crippen MR) is 240 cm³/mol. The molecule has 23 heteroatoms. The van der Waals surface area contributed by atoms with Crippen LogP contribution in [0, 0.1) is 13.8 Å². The molecule has 65 heavy (non-hydrogen) atoms. The number of methoxy groups -OCH3 is 1. The summed E-state index contributed by atoms with van der Waals surface area (Å²) in [5.74, 6) is -2.96. The van der Waals surface area contributed by atoms with Crippen molar-refractivity contribution in [3.8, 4) is 11.5 Å². The number of nitrogens with one attached hydrogen (secondary N) is 2. The number of hydrogen-bond donors (Lipinski definition) is 4. The maximum absolute atomic E-state index is 13.5. The lowest BCUT2D eigenvalue weighted by molar-refractivity contribution is -0.138. The van der Waals surface area contributed by atoms with Gasteiger partial charge in [-0.05, 0) is 79.7 Å². The molecular weight excluding hydrogens is 881 g/mol. The number of primary amides is 2. The Morgan fingerprint density at radius 3 is 1.71 bits per heavy atom. The number of imide groups is 1. The van der Waals surface area contributed by atoms with Crippen LogP contribution in [-0.4, -0.2) is 113 Å². The first-order chi connectivity index (χ1) is 31.1. The molecule has 7 rings (SSSR count). The summed E-state index contributed by atoms with van der Waals surface area (Å²) in [5.41, 5.74) is 13.4. The standard InChI is InChI=1S/C42H42N12O9S2/c1-22-16-28(49-64-22)39(60)47-41-45-26-18-24(37(43)58)20-30(62-4)35(26)53(41)12-5-6-13-54-36-27(46-42(54)48-40(61)29-17-23(2)65-50-29)19-25(38(44)59)21-31(36)63-15-7-11-51(3)32(55)10-14-52-33(56)8-9-34(52)57/h5-6,8-9,16-21H,7,10-15H2,1-4H3,(H2,43,58)(H2,44,59)(H,45,47,60)(H,46,48,61)/b6-5+. The van der Waals surface area contributed by atoms with Crippen LogP contribution in [0.3, 0.4) is 0 Å². The zero-order valence-electron chi connectivity index (χ0n) is 35.4. The van der Waals surface area contributed by atoms with Crippen LogP contribution in [0.15, 0.2) is 60.7 Å². The van der Waals surface area contributed by atoms with Gasteiger partial charge in [0.15, 0.2) is 0 Å². The van der Waals surface area contributed by atoms with Gasteiger partial charge in [-0.1, -0.05) is 12.2 Å².